The van der Waals surface area contributed by atoms with Gasteiger partial charge in [-0.3, -0.25) is 9.59 Å². The average Bonchev–Trinajstić information content (AvgIpc) is 2.33. The molecule has 0 unspecified atom stereocenters. The van der Waals surface area contributed by atoms with Gasteiger partial charge in [0.25, 0.3) is 0 Å². The Kier molecular flexibility index (Phi) is 8.24. The maximum absolute atomic E-state index is 11.7. The number of hydrogen-bond acceptors (Lipinski definition) is 4. The average molecular weight is 254 g/mol. The Morgan fingerprint density at radius 3 is 2.61 bits per heavy atom. The monoisotopic (exact) mass is 254 g/mol. The second-order valence-corrected chi connectivity index (χ2v) is 3.81. The molecule has 0 spiro atoms. The molecule has 0 saturated heterocycles. The van der Waals surface area contributed by atoms with Crippen molar-refractivity contribution in [3.63, 3.8) is 0 Å². The summed E-state index contributed by atoms with van der Waals surface area (Å²) in [5.74, 6) is 0.0638. The van der Waals surface area contributed by atoms with Crippen LogP contribution in [0.25, 0.3) is 0 Å². The van der Waals surface area contributed by atoms with Crippen molar-refractivity contribution in [3.05, 3.63) is 0 Å². The Labute approximate surface area is 106 Å². The molecule has 0 heterocycles. The molecule has 2 atom stereocenters. The highest BCUT2D eigenvalue weighted by atomic mass is 16.4. The van der Waals surface area contributed by atoms with Gasteiger partial charge >= 0.3 is 5.97 Å². The summed E-state index contributed by atoms with van der Waals surface area (Å²) >= 11 is 0. The van der Waals surface area contributed by atoms with Crippen LogP contribution in [0.5, 0.6) is 0 Å². The van der Waals surface area contributed by atoms with Crippen molar-refractivity contribution in [3.8, 4) is 12.3 Å². The second-order valence-electron chi connectivity index (χ2n) is 3.81. The summed E-state index contributed by atoms with van der Waals surface area (Å²) in [6.45, 7) is 0.734. The zero-order valence-electron chi connectivity index (χ0n) is 10.3. The summed E-state index contributed by atoms with van der Waals surface area (Å²) in [5.41, 5.74) is 0. The van der Waals surface area contributed by atoms with Crippen LogP contribution in [0.2, 0.25) is 0 Å². The SMILES string of the molecule is C#C[C@@H](CCCNC)C(=O)N[C@H](C=O)CC(=O)O. The van der Waals surface area contributed by atoms with E-state index in [1.54, 1.807) is 7.05 Å². The molecule has 6 heteroatoms. The molecular formula is C12H18N2O4. The Bertz CT molecular complexity index is 335. The predicted molar refractivity (Wildman–Crippen MR) is 65.7 cm³/mol. The van der Waals surface area contributed by atoms with Crippen LogP contribution in [-0.2, 0) is 14.4 Å². The molecule has 100 valence electrons. The van der Waals surface area contributed by atoms with Gasteiger partial charge in [-0.25, -0.2) is 0 Å². The van der Waals surface area contributed by atoms with Crippen molar-refractivity contribution in [2.75, 3.05) is 13.6 Å². The van der Waals surface area contributed by atoms with E-state index in [0.29, 0.717) is 12.7 Å². The highest BCUT2D eigenvalue weighted by Gasteiger charge is 2.20. The van der Waals surface area contributed by atoms with Crippen LogP contribution >= 0.6 is 0 Å². The van der Waals surface area contributed by atoms with Crippen molar-refractivity contribution >= 4 is 18.2 Å². The molecule has 0 rings (SSSR count). The van der Waals surface area contributed by atoms with E-state index in [1.165, 1.54) is 0 Å². The topological polar surface area (TPSA) is 95.5 Å². The van der Waals surface area contributed by atoms with Gasteiger partial charge in [0.05, 0.1) is 18.4 Å². The number of rotatable bonds is 9. The lowest BCUT2D eigenvalue weighted by Crippen LogP contribution is -2.40. The summed E-state index contributed by atoms with van der Waals surface area (Å²) in [6, 6.07) is -1.03. The Balaban J connectivity index is 4.28. The van der Waals surface area contributed by atoms with Crippen LogP contribution < -0.4 is 10.6 Å². The number of nitrogens with one attached hydrogen (secondary N) is 2. The van der Waals surface area contributed by atoms with Gasteiger partial charge in [-0.2, -0.15) is 0 Å². The largest absolute Gasteiger partial charge is 0.481 e. The molecule has 0 aliphatic heterocycles. The van der Waals surface area contributed by atoms with Crippen molar-refractivity contribution in [1.29, 1.82) is 0 Å². The minimum absolute atomic E-state index is 0.396. The minimum atomic E-state index is -1.15. The van der Waals surface area contributed by atoms with E-state index in [2.05, 4.69) is 16.6 Å². The molecule has 1 amide bonds. The Morgan fingerprint density at radius 2 is 2.17 bits per heavy atom. The molecule has 0 fully saturated rings. The maximum Gasteiger partial charge on any atom is 0.305 e. The number of amides is 1. The molecule has 3 N–H and O–H groups in total. The molecule has 0 aromatic heterocycles. The zero-order chi connectivity index (χ0) is 14.0. The normalized spacial score (nSPS) is 13.1. The smallest absolute Gasteiger partial charge is 0.305 e. The van der Waals surface area contributed by atoms with Crippen LogP contribution in [0.4, 0.5) is 0 Å². The molecule has 0 aliphatic carbocycles. The van der Waals surface area contributed by atoms with Crippen LogP contribution in [0.3, 0.4) is 0 Å². The predicted octanol–water partition coefficient (Wildman–Crippen LogP) is -0.606. The van der Waals surface area contributed by atoms with Crippen LogP contribution in [0.1, 0.15) is 19.3 Å². The highest BCUT2D eigenvalue weighted by molar-refractivity contribution is 5.85. The fourth-order valence-electron chi connectivity index (χ4n) is 1.38. The molecular weight excluding hydrogens is 236 g/mol. The number of aliphatic carboxylic acids is 1. The van der Waals surface area contributed by atoms with Gasteiger partial charge < -0.3 is 20.5 Å². The van der Waals surface area contributed by atoms with Gasteiger partial charge in [0.1, 0.15) is 6.29 Å². The summed E-state index contributed by atoms with van der Waals surface area (Å²) in [6.07, 6.45) is 6.41. The van der Waals surface area contributed by atoms with Crippen LogP contribution in [0, 0.1) is 18.3 Å². The lowest BCUT2D eigenvalue weighted by molar-refractivity contribution is -0.139. The summed E-state index contributed by atoms with van der Waals surface area (Å²) in [4.78, 5) is 32.7. The van der Waals surface area contributed by atoms with Gasteiger partial charge in [0.15, 0.2) is 0 Å². The number of hydrogen-bond donors (Lipinski definition) is 3. The third kappa shape index (κ3) is 6.66. The number of carbonyl (C=O) groups is 3. The highest BCUT2D eigenvalue weighted by Crippen LogP contribution is 2.05. The molecule has 0 radical (unpaired) electrons. The Morgan fingerprint density at radius 1 is 1.50 bits per heavy atom. The maximum atomic E-state index is 11.7. The van der Waals surface area contributed by atoms with E-state index in [9.17, 15) is 14.4 Å². The summed E-state index contributed by atoms with van der Waals surface area (Å²) < 4.78 is 0. The number of carboxylic acid groups (broad SMARTS) is 1. The summed E-state index contributed by atoms with van der Waals surface area (Å²) in [5, 5.41) is 13.8. The number of carboxylic acids is 1. The number of terminal acetylenes is 1. The van der Waals surface area contributed by atoms with Gasteiger partial charge in [0, 0.05) is 0 Å². The first kappa shape index (κ1) is 16.1. The zero-order valence-corrected chi connectivity index (χ0v) is 10.3. The van der Waals surface area contributed by atoms with Crippen molar-refractivity contribution < 1.29 is 19.5 Å². The van der Waals surface area contributed by atoms with Crippen LogP contribution in [-0.4, -0.2) is 42.9 Å². The lowest BCUT2D eigenvalue weighted by atomic mass is 10.0. The fourth-order valence-corrected chi connectivity index (χ4v) is 1.38. The second kappa shape index (κ2) is 9.19. The third-order valence-electron chi connectivity index (χ3n) is 2.32. The summed E-state index contributed by atoms with van der Waals surface area (Å²) in [7, 11) is 1.79. The quantitative estimate of drug-likeness (QED) is 0.290. The first-order chi connectivity index (χ1) is 8.54. The molecule has 18 heavy (non-hydrogen) atoms. The molecule has 0 aliphatic rings. The van der Waals surface area contributed by atoms with Crippen molar-refractivity contribution in [2.24, 2.45) is 5.92 Å². The molecule has 6 nitrogen and oxygen atoms in total. The Hall–Kier alpha value is -1.87. The third-order valence-corrected chi connectivity index (χ3v) is 2.32. The van der Waals surface area contributed by atoms with Gasteiger partial charge in [-0.05, 0) is 26.4 Å². The van der Waals surface area contributed by atoms with E-state index >= 15 is 0 Å². The van der Waals surface area contributed by atoms with Crippen LogP contribution in [0.15, 0.2) is 0 Å². The van der Waals surface area contributed by atoms with Crippen molar-refractivity contribution in [2.45, 2.75) is 25.3 Å². The standard InChI is InChI=1S/C12H18N2O4/c1-3-9(5-4-6-13-2)12(18)14-10(8-15)7-11(16)17/h1,8-10,13H,4-7H2,2H3,(H,14,18)(H,16,17)/t9-,10-/m0/s1. The number of aldehydes is 1. The van der Waals surface area contributed by atoms with Gasteiger partial charge in [0.2, 0.25) is 5.91 Å². The van der Waals surface area contributed by atoms with Crippen molar-refractivity contribution in [1.82, 2.24) is 10.6 Å². The minimum Gasteiger partial charge on any atom is -0.481 e. The lowest BCUT2D eigenvalue weighted by Gasteiger charge is -2.14. The fraction of sp³-hybridized carbons (Fsp3) is 0.583. The molecule has 0 saturated carbocycles. The van der Waals surface area contributed by atoms with Gasteiger partial charge in [-0.1, -0.05) is 5.92 Å². The molecule has 0 aromatic carbocycles. The first-order valence-electron chi connectivity index (χ1n) is 5.63. The molecule has 0 aromatic rings. The van der Waals surface area contributed by atoms with E-state index in [-0.39, 0.29) is 0 Å². The molecule has 0 bridgehead atoms. The van der Waals surface area contributed by atoms with E-state index in [4.69, 9.17) is 11.5 Å². The van der Waals surface area contributed by atoms with E-state index in [1.807, 2.05) is 0 Å². The number of carbonyl (C=O) groups excluding carboxylic acids is 2. The van der Waals surface area contributed by atoms with E-state index < -0.39 is 30.3 Å². The van der Waals surface area contributed by atoms with E-state index in [0.717, 1.165) is 13.0 Å². The van der Waals surface area contributed by atoms with Gasteiger partial charge in [-0.15, -0.1) is 6.42 Å². The first-order valence-corrected chi connectivity index (χ1v) is 5.63.